The molecule has 16 heavy (non-hydrogen) atoms. The van der Waals surface area contributed by atoms with Crippen LogP contribution < -0.4 is 5.73 Å². The molecule has 0 bridgehead atoms. The van der Waals surface area contributed by atoms with Crippen LogP contribution in [0.3, 0.4) is 0 Å². The number of nitrogens with zero attached hydrogens (tertiary/aromatic N) is 1. The zero-order valence-electron chi connectivity index (χ0n) is 10.4. The van der Waals surface area contributed by atoms with Gasteiger partial charge in [-0.1, -0.05) is 0 Å². The lowest BCUT2D eigenvalue weighted by molar-refractivity contribution is -0.135. The van der Waals surface area contributed by atoms with Crippen LogP contribution in [0.25, 0.3) is 0 Å². The number of ether oxygens (including phenoxy) is 1. The predicted octanol–water partition coefficient (Wildman–Crippen LogP) is 0.999. The van der Waals surface area contributed by atoms with Crippen molar-refractivity contribution in [1.29, 1.82) is 0 Å². The van der Waals surface area contributed by atoms with E-state index < -0.39 is 0 Å². The molecule has 0 aromatic heterocycles. The Morgan fingerprint density at radius 2 is 2.19 bits per heavy atom. The summed E-state index contributed by atoms with van der Waals surface area (Å²) in [5.74, 6) is 0.409. The first-order chi connectivity index (χ1) is 7.69. The first-order valence-electron chi connectivity index (χ1n) is 6.31. The predicted molar refractivity (Wildman–Crippen MR) is 64.1 cm³/mol. The second-order valence-corrected chi connectivity index (χ2v) is 4.38. The third kappa shape index (κ3) is 3.76. The molecule has 2 unspecified atom stereocenters. The van der Waals surface area contributed by atoms with E-state index in [1.54, 1.807) is 0 Å². The second kappa shape index (κ2) is 6.86. The minimum atomic E-state index is 0.150. The Hall–Kier alpha value is -0.610. The van der Waals surface area contributed by atoms with Gasteiger partial charge in [-0.25, -0.2) is 0 Å². The zero-order chi connectivity index (χ0) is 12.0. The van der Waals surface area contributed by atoms with Crippen LogP contribution in [-0.4, -0.2) is 43.2 Å². The van der Waals surface area contributed by atoms with E-state index in [2.05, 4.69) is 0 Å². The van der Waals surface area contributed by atoms with E-state index >= 15 is 0 Å². The third-order valence-electron chi connectivity index (χ3n) is 3.23. The Kier molecular flexibility index (Phi) is 5.77. The van der Waals surface area contributed by atoms with Gasteiger partial charge in [0, 0.05) is 31.7 Å². The molecule has 1 rings (SSSR count). The topological polar surface area (TPSA) is 55.6 Å². The summed E-state index contributed by atoms with van der Waals surface area (Å²) in [6.45, 7) is 6.79. The fourth-order valence-corrected chi connectivity index (χ4v) is 2.24. The normalized spacial score (nSPS) is 24.7. The van der Waals surface area contributed by atoms with Crippen LogP contribution in [0.4, 0.5) is 0 Å². The highest BCUT2D eigenvalue weighted by Crippen LogP contribution is 2.25. The minimum absolute atomic E-state index is 0.150. The smallest absolute Gasteiger partial charge is 0.225 e. The van der Waals surface area contributed by atoms with Gasteiger partial charge in [0.2, 0.25) is 5.91 Å². The van der Waals surface area contributed by atoms with Crippen molar-refractivity contribution in [1.82, 2.24) is 4.90 Å². The largest absolute Gasteiger partial charge is 0.380 e. The van der Waals surface area contributed by atoms with Crippen molar-refractivity contribution >= 4 is 5.91 Å². The van der Waals surface area contributed by atoms with Gasteiger partial charge in [0.1, 0.15) is 0 Å². The standard InChI is InChI=1S/C12H24N2O2/c1-3-14(7-8-16-4-2)12(15)10-5-6-11(13)9-10/h10-11H,3-9,13H2,1-2H3. The molecule has 2 N–H and O–H groups in total. The van der Waals surface area contributed by atoms with Crippen LogP contribution in [0, 0.1) is 5.92 Å². The van der Waals surface area contributed by atoms with E-state index in [9.17, 15) is 4.79 Å². The summed E-state index contributed by atoms with van der Waals surface area (Å²) in [4.78, 5) is 14.0. The van der Waals surface area contributed by atoms with Crippen LogP contribution >= 0.6 is 0 Å². The van der Waals surface area contributed by atoms with Gasteiger partial charge in [-0.15, -0.1) is 0 Å². The van der Waals surface area contributed by atoms with Gasteiger partial charge in [0.05, 0.1) is 6.61 Å². The lowest BCUT2D eigenvalue weighted by atomic mass is 10.1. The van der Waals surface area contributed by atoms with Crippen molar-refractivity contribution in [3.8, 4) is 0 Å². The summed E-state index contributed by atoms with van der Waals surface area (Å²) < 4.78 is 5.28. The van der Waals surface area contributed by atoms with Crippen LogP contribution in [-0.2, 0) is 9.53 Å². The Morgan fingerprint density at radius 1 is 1.44 bits per heavy atom. The van der Waals surface area contributed by atoms with Crippen LogP contribution in [0.5, 0.6) is 0 Å². The number of carbonyl (C=O) groups is 1. The highest BCUT2D eigenvalue weighted by atomic mass is 16.5. The molecule has 4 nitrogen and oxygen atoms in total. The summed E-state index contributed by atoms with van der Waals surface area (Å²) in [6.07, 6.45) is 2.79. The van der Waals surface area contributed by atoms with Crippen LogP contribution in [0.2, 0.25) is 0 Å². The molecule has 0 aliphatic heterocycles. The lowest BCUT2D eigenvalue weighted by Gasteiger charge is -2.24. The molecule has 2 atom stereocenters. The second-order valence-electron chi connectivity index (χ2n) is 4.38. The summed E-state index contributed by atoms with van der Waals surface area (Å²) in [5.41, 5.74) is 5.83. The van der Waals surface area contributed by atoms with E-state index in [-0.39, 0.29) is 17.9 Å². The van der Waals surface area contributed by atoms with E-state index in [0.29, 0.717) is 19.8 Å². The molecule has 94 valence electrons. The zero-order valence-corrected chi connectivity index (χ0v) is 10.4. The maximum atomic E-state index is 12.1. The SMILES string of the molecule is CCOCCN(CC)C(=O)C1CCC(N)C1. The molecule has 0 aromatic rings. The molecule has 0 spiro atoms. The van der Waals surface area contributed by atoms with Gasteiger partial charge >= 0.3 is 0 Å². The van der Waals surface area contributed by atoms with E-state index in [0.717, 1.165) is 25.8 Å². The Morgan fingerprint density at radius 3 is 2.69 bits per heavy atom. The number of likely N-dealkylation sites (N-methyl/N-ethyl adjacent to an activating group) is 1. The molecule has 1 aliphatic rings. The molecule has 1 fully saturated rings. The maximum Gasteiger partial charge on any atom is 0.225 e. The van der Waals surface area contributed by atoms with Crippen LogP contribution in [0.15, 0.2) is 0 Å². The number of nitrogens with two attached hydrogens (primary N) is 1. The number of amides is 1. The number of hydrogen-bond donors (Lipinski definition) is 1. The van der Waals surface area contributed by atoms with Gasteiger partial charge in [-0.2, -0.15) is 0 Å². The number of carbonyl (C=O) groups excluding carboxylic acids is 1. The average molecular weight is 228 g/mol. The van der Waals surface area contributed by atoms with Crippen molar-refractivity contribution in [3.05, 3.63) is 0 Å². The van der Waals surface area contributed by atoms with Crippen LogP contribution in [0.1, 0.15) is 33.1 Å². The average Bonchev–Trinajstić information content (AvgIpc) is 2.70. The molecular formula is C12H24N2O2. The van der Waals surface area contributed by atoms with Crippen molar-refractivity contribution in [2.45, 2.75) is 39.2 Å². The summed E-state index contributed by atoms with van der Waals surface area (Å²) in [6, 6.07) is 0.222. The molecule has 1 saturated carbocycles. The Bertz CT molecular complexity index is 221. The number of rotatable bonds is 6. The molecule has 1 aliphatic carbocycles. The van der Waals surface area contributed by atoms with Gasteiger partial charge in [-0.3, -0.25) is 4.79 Å². The highest BCUT2D eigenvalue weighted by molar-refractivity contribution is 5.79. The quantitative estimate of drug-likeness (QED) is 0.690. The molecule has 1 amide bonds. The molecule has 0 saturated heterocycles. The maximum absolute atomic E-state index is 12.1. The summed E-state index contributed by atoms with van der Waals surface area (Å²) in [5, 5.41) is 0. The molecule has 0 radical (unpaired) electrons. The lowest BCUT2D eigenvalue weighted by Crippen LogP contribution is -2.38. The van der Waals surface area contributed by atoms with Crippen molar-refractivity contribution in [3.63, 3.8) is 0 Å². The van der Waals surface area contributed by atoms with Crippen molar-refractivity contribution in [2.24, 2.45) is 11.7 Å². The van der Waals surface area contributed by atoms with E-state index in [1.165, 1.54) is 0 Å². The molecule has 4 heteroatoms. The Balaban J connectivity index is 2.36. The fraction of sp³-hybridized carbons (Fsp3) is 0.917. The van der Waals surface area contributed by atoms with Crippen molar-refractivity contribution < 1.29 is 9.53 Å². The first-order valence-corrected chi connectivity index (χ1v) is 6.31. The van der Waals surface area contributed by atoms with Gasteiger partial charge in [0.25, 0.3) is 0 Å². The van der Waals surface area contributed by atoms with Gasteiger partial charge in [0.15, 0.2) is 0 Å². The fourth-order valence-electron chi connectivity index (χ4n) is 2.24. The molecular weight excluding hydrogens is 204 g/mol. The van der Waals surface area contributed by atoms with Crippen molar-refractivity contribution in [2.75, 3.05) is 26.3 Å². The summed E-state index contributed by atoms with van der Waals surface area (Å²) in [7, 11) is 0. The Labute approximate surface area is 98.1 Å². The van der Waals surface area contributed by atoms with Gasteiger partial charge < -0.3 is 15.4 Å². The molecule has 0 heterocycles. The van der Waals surface area contributed by atoms with E-state index in [4.69, 9.17) is 10.5 Å². The van der Waals surface area contributed by atoms with Gasteiger partial charge in [-0.05, 0) is 33.1 Å². The minimum Gasteiger partial charge on any atom is -0.380 e. The number of hydrogen-bond acceptors (Lipinski definition) is 3. The third-order valence-corrected chi connectivity index (χ3v) is 3.23. The molecule has 0 aromatic carbocycles. The van der Waals surface area contributed by atoms with E-state index in [1.807, 2.05) is 18.7 Å². The monoisotopic (exact) mass is 228 g/mol. The first kappa shape index (κ1) is 13.5. The highest BCUT2D eigenvalue weighted by Gasteiger charge is 2.30. The summed E-state index contributed by atoms with van der Waals surface area (Å²) >= 11 is 0.